The smallest absolute Gasteiger partial charge is 0.225 e. The number of hydrogen-bond donors (Lipinski definition) is 1. The molecule has 0 fully saturated rings. The van der Waals surface area contributed by atoms with E-state index >= 15 is 0 Å². The monoisotopic (exact) mass is 245 g/mol. The van der Waals surface area contributed by atoms with Gasteiger partial charge in [0.05, 0.1) is 12.0 Å². The normalized spacial score (nSPS) is 14.6. The second-order valence-corrected chi connectivity index (χ2v) is 5.15. The highest BCUT2D eigenvalue weighted by atomic mass is 35.5. The van der Waals surface area contributed by atoms with E-state index in [-0.39, 0.29) is 11.4 Å². The minimum absolute atomic E-state index is 0.0439. The fraction of sp³-hybridized carbons (Fsp3) is 0.545. The minimum atomic E-state index is -0.282. The van der Waals surface area contributed by atoms with Crippen molar-refractivity contribution in [2.45, 2.75) is 32.2 Å². The fourth-order valence-electron chi connectivity index (χ4n) is 1.17. The van der Waals surface area contributed by atoms with Crippen LogP contribution in [0.4, 0.5) is 0 Å². The highest BCUT2D eigenvalue weighted by molar-refractivity contribution is 7.10. The first-order chi connectivity index (χ1) is 7.09. The number of carbonyl (C=O) groups is 1. The molecule has 1 aromatic heterocycles. The minimum Gasteiger partial charge on any atom is -0.349 e. The summed E-state index contributed by atoms with van der Waals surface area (Å²) < 4.78 is 0. The van der Waals surface area contributed by atoms with Crippen molar-refractivity contribution in [3.63, 3.8) is 0 Å². The van der Waals surface area contributed by atoms with E-state index < -0.39 is 0 Å². The molecule has 0 saturated heterocycles. The molecule has 0 radical (unpaired) electrons. The predicted octanol–water partition coefficient (Wildman–Crippen LogP) is 2.81. The van der Waals surface area contributed by atoms with Crippen LogP contribution in [0.3, 0.4) is 0 Å². The average Bonchev–Trinajstić information content (AvgIpc) is 2.70. The van der Waals surface area contributed by atoms with Gasteiger partial charge in [0, 0.05) is 10.8 Å². The van der Waals surface area contributed by atoms with Crippen molar-refractivity contribution in [2.24, 2.45) is 0 Å². The first-order valence-corrected chi connectivity index (χ1v) is 6.40. The lowest BCUT2D eigenvalue weighted by molar-refractivity contribution is -0.121. The third kappa shape index (κ3) is 3.84. The molecule has 84 valence electrons. The maximum absolute atomic E-state index is 11.7. The van der Waals surface area contributed by atoms with E-state index in [1.807, 2.05) is 31.4 Å². The zero-order valence-corrected chi connectivity index (χ0v) is 10.6. The molecule has 1 rings (SSSR count). The van der Waals surface area contributed by atoms with Crippen LogP contribution in [0.2, 0.25) is 0 Å². The first-order valence-electron chi connectivity index (χ1n) is 4.99. The van der Waals surface area contributed by atoms with Crippen molar-refractivity contribution in [1.82, 2.24) is 5.32 Å². The van der Waals surface area contributed by atoms with Gasteiger partial charge < -0.3 is 5.32 Å². The van der Waals surface area contributed by atoms with Crippen LogP contribution >= 0.6 is 22.9 Å². The largest absolute Gasteiger partial charge is 0.349 e. The molecule has 0 aromatic carbocycles. The number of amides is 1. The van der Waals surface area contributed by atoms with Crippen LogP contribution in [-0.4, -0.2) is 17.3 Å². The molecule has 1 N–H and O–H groups in total. The lowest BCUT2D eigenvalue weighted by Crippen LogP contribution is -2.47. The molecule has 0 aliphatic rings. The van der Waals surface area contributed by atoms with Gasteiger partial charge >= 0.3 is 0 Å². The summed E-state index contributed by atoms with van der Waals surface area (Å²) in [4.78, 5) is 12.8. The van der Waals surface area contributed by atoms with Crippen molar-refractivity contribution in [1.29, 1.82) is 0 Å². The fourth-order valence-corrected chi connectivity index (χ4v) is 2.13. The Bertz CT molecular complexity index is 306. The second kappa shape index (κ2) is 5.52. The summed E-state index contributed by atoms with van der Waals surface area (Å²) in [6.07, 6.45) is 1.29. The zero-order valence-electron chi connectivity index (χ0n) is 9.05. The lowest BCUT2D eigenvalue weighted by Gasteiger charge is -2.26. The van der Waals surface area contributed by atoms with Crippen molar-refractivity contribution >= 4 is 28.8 Å². The molecule has 0 spiro atoms. The van der Waals surface area contributed by atoms with Crippen LogP contribution in [0.1, 0.15) is 25.1 Å². The van der Waals surface area contributed by atoms with Gasteiger partial charge in [0.15, 0.2) is 0 Å². The van der Waals surface area contributed by atoms with Gasteiger partial charge in [0.2, 0.25) is 5.91 Å². The Kier molecular flexibility index (Phi) is 4.61. The highest BCUT2D eigenvalue weighted by Crippen LogP contribution is 2.13. The van der Waals surface area contributed by atoms with Crippen LogP contribution in [-0.2, 0) is 11.2 Å². The van der Waals surface area contributed by atoms with Crippen LogP contribution in [0.5, 0.6) is 0 Å². The van der Waals surface area contributed by atoms with Gasteiger partial charge in [-0.05, 0) is 24.8 Å². The Labute approximate surface area is 99.6 Å². The summed E-state index contributed by atoms with van der Waals surface area (Å²) in [5, 5.41) is 4.94. The van der Waals surface area contributed by atoms with Crippen LogP contribution in [0.25, 0.3) is 0 Å². The lowest BCUT2D eigenvalue weighted by atomic mass is 10.0. The molecule has 0 saturated carbocycles. The first kappa shape index (κ1) is 12.5. The third-order valence-corrected chi connectivity index (χ3v) is 3.90. The van der Waals surface area contributed by atoms with E-state index in [2.05, 4.69) is 5.32 Å². The summed E-state index contributed by atoms with van der Waals surface area (Å²) in [5.74, 6) is 0.488. The highest BCUT2D eigenvalue weighted by Gasteiger charge is 2.22. The number of halogens is 1. The molecule has 1 amide bonds. The Morgan fingerprint density at radius 1 is 1.67 bits per heavy atom. The SMILES string of the molecule is CCC(C)(CCl)NC(=O)Cc1cccs1. The number of alkyl halides is 1. The predicted molar refractivity (Wildman–Crippen MR) is 65.6 cm³/mol. The van der Waals surface area contributed by atoms with E-state index in [1.54, 1.807) is 11.3 Å². The summed E-state index contributed by atoms with van der Waals surface area (Å²) in [6.45, 7) is 3.99. The molecule has 0 aliphatic heterocycles. The van der Waals surface area contributed by atoms with Gasteiger partial charge in [-0.25, -0.2) is 0 Å². The molecule has 4 heteroatoms. The van der Waals surface area contributed by atoms with E-state index in [1.165, 1.54) is 0 Å². The molecular formula is C11H16ClNOS. The third-order valence-electron chi connectivity index (χ3n) is 2.43. The number of carbonyl (C=O) groups excluding carboxylic acids is 1. The quantitative estimate of drug-likeness (QED) is 0.795. The van der Waals surface area contributed by atoms with E-state index in [0.29, 0.717) is 12.3 Å². The summed E-state index contributed by atoms with van der Waals surface area (Å²) in [7, 11) is 0. The summed E-state index contributed by atoms with van der Waals surface area (Å²) in [6, 6.07) is 3.92. The maximum atomic E-state index is 11.7. The van der Waals surface area contributed by atoms with Crippen molar-refractivity contribution in [3.05, 3.63) is 22.4 Å². The number of rotatable bonds is 5. The molecule has 1 aromatic rings. The van der Waals surface area contributed by atoms with Gasteiger partial charge in [-0.3, -0.25) is 4.79 Å². The summed E-state index contributed by atoms with van der Waals surface area (Å²) in [5.41, 5.74) is -0.282. The summed E-state index contributed by atoms with van der Waals surface area (Å²) >= 11 is 7.42. The molecule has 0 bridgehead atoms. The number of hydrogen-bond acceptors (Lipinski definition) is 2. The van der Waals surface area contributed by atoms with Gasteiger partial charge in [-0.1, -0.05) is 13.0 Å². The van der Waals surface area contributed by atoms with E-state index in [9.17, 15) is 4.79 Å². The second-order valence-electron chi connectivity index (χ2n) is 3.85. The molecule has 15 heavy (non-hydrogen) atoms. The molecule has 1 atom stereocenters. The molecule has 2 nitrogen and oxygen atoms in total. The van der Waals surface area contributed by atoms with Gasteiger partial charge in [0.1, 0.15) is 0 Å². The Morgan fingerprint density at radius 2 is 2.40 bits per heavy atom. The molecule has 1 heterocycles. The van der Waals surface area contributed by atoms with Crippen molar-refractivity contribution < 1.29 is 4.79 Å². The molecule has 1 unspecified atom stereocenters. The number of thiophene rings is 1. The van der Waals surface area contributed by atoms with E-state index in [4.69, 9.17) is 11.6 Å². The zero-order chi connectivity index (χ0) is 11.3. The van der Waals surface area contributed by atoms with Crippen LogP contribution in [0, 0.1) is 0 Å². The molecular weight excluding hydrogens is 230 g/mol. The average molecular weight is 246 g/mol. The maximum Gasteiger partial charge on any atom is 0.225 e. The standard InChI is InChI=1S/C11H16ClNOS/c1-3-11(2,8-12)13-10(14)7-9-5-4-6-15-9/h4-6H,3,7-8H2,1-2H3,(H,13,14). The van der Waals surface area contributed by atoms with Crippen LogP contribution in [0.15, 0.2) is 17.5 Å². The topological polar surface area (TPSA) is 29.1 Å². The Hall–Kier alpha value is -0.540. The Balaban J connectivity index is 2.49. The van der Waals surface area contributed by atoms with Crippen molar-refractivity contribution in [2.75, 3.05) is 5.88 Å². The number of nitrogens with one attached hydrogen (secondary N) is 1. The van der Waals surface area contributed by atoms with Gasteiger partial charge in [-0.2, -0.15) is 0 Å². The van der Waals surface area contributed by atoms with Crippen LogP contribution < -0.4 is 5.32 Å². The van der Waals surface area contributed by atoms with Gasteiger partial charge in [0.25, 0.3) is 0 Å². The van der Waals surface area contributed by atoms with Crippen molar-refractivity contribution in [3.8, 4) is 0 Å². The van der Waals surface area contributed by atoms with E-state index in [0.717, 1.165) is 11.3 Å². The molecule has 0 aliphatic carbocycles. The van der Waals surface area contributed by atoms with Gasteiger partial charge in [-0.15, -0.1) is 22.9 Å². The Morgan fingerprint density at radius 3 is 2.87 bits per heavy atom.